The Bertz CT molecular complexity index is 632. The first-order valence-corrected chi connectivity index (χ1v) is 10.4. The predicted molar refractivity (Wildman–Crippen MR) is 103 cm³/mol. The van der Waals surface area contributed by atoms with Crippen LogP contribution in [0.1, 0.15) is 50.5 Å². The van der Waals surface area contributed by atoms with Crippen LogP contribution < -0.4 is 4.74 Å². The molecular formula is C22H31NO4. The summed E-state index contributed by atoms with van der Waals surface area (Å²) in [4.78, 5) is 15.9. The lowest BCUT2D eigenvalue weighted by Crippen LogP contribution is -2.52. The van der Waals surface area contributed by atoms with Gasteiger partial charge in [-0.05, 0) is 43.4 Å². The summed E-state index contributed by atoms with van der Waals surface area (Å²) >= 11 is 0. The predicted octanol–water partition coefficient (Wildman–Crippen LogP) is 3.51. The van der Waals surface area contributed by atoms with E-state index in [9.17, 15) is 4.79 Å². The quantitative estimate of drug-likeness (QED) is 0.810. The van der Waals surface area contributed by atoms with Crippen molar-refractivity contribution in [3.63, 3.8) is 0 Å². The minimum absolute atomic E-state index is 0.135. The van der Waals surface area contributed by atoms with Crippen LogP contribution in [0.5, 0.6) is 5.75 Å². The van der Waals surface area contributed by atoms with Crippen LogP contribution in [0.4, 0.5) is 0 Å². The molecule has 3 aliphatic rings. The van der Waals surface area contributed by atoms with E-state index in [0.717, 1.165) is 62.9 Å². The van der Waals surface area contributed by atoms with Gasteiger partial charge in [-0.25, -0.2) is 0 Å². The van der Waals surface area contributed by atoms with Gasteiger partial charge in [-0.15, -0.1) is 0 Å². The van der Waals surface area contributed by atoms with Gasteiger partial charge in [0.15, 0.2) is 6.29 Å². The Kier molecular flexibility index (Phi) is 5.69. The van der Waals surface area contributed by atoms with Crippen molar-refractivity contribution in [2.45, 2.75) is 56.7 Å². The number of hydrogen-bond acceptors (Lipinski definition) is 4. The minimum Gasteiger partial charge on any atom is -0.497 e. The van der Waals surface area contributed by atoms with Crippen LogP contribution in [0.15, 0.2) is 24.3 Å². The van der Waals surface area contributed by atoms with Crippen LogP contribution in [0, 0.1) is 5.92 Å². The van der Waals surface area contributed by atoms with Gasteiger partial charge in [0.1, 0.15) is 5.75 Å². The smallest absolute Gasteiger partial charge is 0.233 e. The summed E-state index contributed by atoms with van der Waals surface area (Å²) in [7, 11) is 1.68. The van der Waals surface area contributed by atoms with Crippen LogP contribution >= 0.6 is 0 Å². The SMILES string of the molecule is COc1ccc(C2(C(=O)N3CCCC(C4OCCO4)C3)CCCCC2)cc1. The Balaban J connectivity index is 1.56. The van der Waals surface area contributed by atoms with Gasteiger partial charge in [0.05, 0.1) is 25.7 Å². The van der Waals surface area contributed by atoms with E-state index in [1.165, 1.54) is 6.42 Å². The third-order valence-electron chi connectivity index (χ3n) is 6.54. The molecule has 1 aliphatic carbocycles. The molecule has 4 rings (SSSR count). The molecule has 3 fully saturated rings. The van der Waals surface area contributed by atoms with Crippen LogP contribution in [0.2, 0.25) is 0 Å². The molecular weight excluding hydrogens is 342 g/mol. The van der Waals surface area contributed by atoms with Crippen LogP contribution in [-0.4, -0.2) is 50.5 Å². The topological polar surface area (TPSA) is 48.0 Å². The number of carbonyl (C=O) groups is 1. The molecule has 1 saturated carbocycles. The average Bonchev–Trinajstić information content (AvgIpc) is 3.29. The molecule has 1 atom stereocenters. The number of methoxy groups -OCH3 is 1. The normalized spacial score (nSPS) is 26.1. The highest BCUT2D eigenvalue weighted by atomic mass is 16.7. The fraction of sp³-hybridized carbons (Fsp3) is 0.682. The van der Waals surface area contributed by atoms with Gasteiger partial charge in [-0.3, -0.25) is 4.79 Å². The summed E-state index contributed by atoms with van der Waals surface area (Å²) in [6.45, 7) is 2.94. The molecule has 0 bridgehead atoms. The average molecular weight is 373 g/mol. The number of ether oxygens (including phenoxy) is 3. The first-order chi connectivity index (χ1) is 13.2. The van der Waals surface area contributed by atoms with Crippen molar-refractivity contribution in [1.29, 1.82) is 0 Å². The number of benzene rings is 1. The Morgan fingerprint density at radius 1 is 1.07 bits per heavy atom. The van der Waals surface area contributed by atoms with Crippen molar-refractivity contribution >= 4 is 5.91 Å². The van der Waals surface area contributed by atoms with E-state index in [1.54, 1.807) is 7.11 Å². The first kappa shape index (κ1) is 18.8. The first-order valence-electron chi connectivity index (χ1n) is 10.4. The molecule has 2 aliphatic heterocycles. The lowest BCUT2D eigenvalue weighted by Gasteiger charge is -2.43. The van der Waals surface area contributed by atoms with E-state index in [1.807, 2.05) is 12.1 Å². The Labute approximate surface area is 162 Å². The number of rotatable bonds is 4. The zero-order chi connectivity index (χ0) is 18.7. The lowest BCUT2D eigenvalue weighted by atomic mass is 9.68. The van der Waals surface area contributed by atoms with E-state index in [4.69, 9.17) is 14.2 Å². The molecule has 1 unspecified atom stereocenters. The summed E-state index contributed by atoms with van der Waals surface area (Å²) < 4.78 is 16.8. The standard InChI is InChI=1S/C22H31NO4/c1-25-19-9-7-18(8-10-19)22(11-3-2-4-12-22)21(24)23-13-5-6-17(16-23)20-26-14-15-27-20/h7-10,17,20H,2-6,11-16H2,1H3. The largest absolute Gasteiger partial charge is 0.497 e. The molecule has 0 radical (unpaired) electrons. The molecule has 1 aromatic rings. The number of hydrogen-bond donors (Lipinski definition) is 0. The fourth-order valence-corrected chi connectivity index (χ4v) is 5.06. The van der Waals surface area contributed by atoms with E-state index < -0.39 is 0 Å². The molecule has 5 nitrogen and oxygen atoms in total. The van der Waals surface area contributed by atoms with Crippen molar-refractivity contribution in [2.24, 2.45) is 5.92 Å². The van der Waals surface area contributed by atoms with Crippen molar-refractivity contribution in [2.75, 3.05) is 33.4 Å². The molecule has 2 saturated heterocycles. The number of likely N-dealkylation sites (tertiary alicyclic amines) is 1. The Morgan fingerprint density at radius 3 is 2.44 bits per heavy atom. The van der Waals surface area contributed by atoms with Gasteiger partial charge in [0.2, 0.25) is 5.91 Å². The van der Waals surface area contributed by atoms with Crippen molar-refractivity contribution in [3.8, 4) is 5.75 Å². The minimum atomic E-state index is -0.385. The zero-order valence-electron chi connectivity index (χ0n) is 16.3. The third kappa shape index (κ3) is 3.72. The van der Waals surface area contributed by atoms with Crippen LogP contribution in [0.25, 0.3) is 0 Å². The Morgan fingerprint density at radius 2 is 1.78 bits per heavy atom. The summed E-state index contributed by atoms with van der Waals surface area (Å²) in [6.07, 6.45) is 7.29. The molecule has 148 valence electrons. The van der Waals surface area contributed by atoms with E-state index in [-0.39, 0.29) is 11.7 Å². The number of amides is 1. The van der Waals surface area contributed by atoms with Gasteiger partial charge in [-0.2, -0.15) is 0 Å². The van der Waals surface area contributed by atoms with Crippen LogP contribution in [0.3, 0.4) is 0 Å². The molecule has 0 N–H and O–H groups in total. The van der Waals surface area contributed by atoms with Gasteiger partial charge >= 0.3 is 0 Å². The second-order valence-corrected chi connectivity index (χ2v) is 8.13. The van der Waals surface area contributed by atoms with Gasteiger partial charge in [0, 0.05) is 19.0 Å². The van der Waals surface area contributed by atoms with Crippen molar-refractivity contribution in [1.82, 2.24) is 4.90 Å². The molecule has 1 aromatic carbocycles. The second kappa shape index (κ2) is 8.19. The summed E-state index contributed by atoms with van der Waals surface area (Å²) in [6, 6.07) is 8.15. The van der Waals surface area contributed by atoms with E-state index >= 15 is 0 Å². The highest BCUT2D eigenvalue weighted by Crippen LogP contribution is 2.42. The fourth-order valence-electron chi connectivity index (χ4n) is 5.06. The highest BCUT2D eigenvalue weighted by molar-refractivity contribution is 5.88. The number of nitrogens with zero attached hydrogens (tertiary/aromatic N) is 1. The zero-order valence-corrected chi connectivity index (χ0v) is 16.3. The molecule has 1 amide bonds. The van der Waals surface area contributed by atoms with Crippen molar-refractivity contribution in [3.05, 3.63) is 29.8 Å². The number of piperidine rings is 1. The van der Waals surface area contributed by atoms with Crippen molar-refractivity contribution < 1.29 is 19.0 Å². The van der Waals surface area contributed by atoms with Gasteiger partial charge in [-0.1, -0.05) is 31.4 Å². The molecule has 2 heterocycles. The van der Waals surface area contributed by atoms with E-state index in [0.29, 0.717) is 25.0 Å². The maximum Gasteiger partial charge on any atom is 0.233 e. The molecule has 0 aromatic heterocycles. The molecule has 5 heteroatoms. The number of carbonyl (C=O) groups excluding carboxylic acids is 1. The maximum absolute atomic E-state index is 13.8. The third-order valence-corrected chi connectivity index (χ3v) is 6.54. The lowest BCUT2D eigenvalue weighted by molar-refractivity contribution is -0.146. The molecule has 0 spiro atoms. The monoisotopic (exact) mass is 373 g/mol. The Hall–Kier alpha value is -1.59. The van der Waals surface area contributed by atoms with Crippen LogP contribution in [-0.2, 0) is 19.7 Å². The summed E-state index contributed by atoms with van der Waals surface area (Å²) in [5.41, 5.74) is 0.757. The maximum atomic E-state index is 13.8. The van der Waals surface area contributed by atoms with E-state index in [2.05, 4.69) is 17.0 Å². The van der Waals surface area contributed by atoms with Gasteiger partial charge < -0.3 is 19.1 Å². The summed E-state index contributed by atoms with van der Waals surface area (Å²) in [5, 5.41) is 0. The second-order valence-electron chi connectivity index (χ2n) is 8.13. The highest BCUT2D eigenvalue weighted by Gasteiger charge is 2.45. The molecule has 27 heavy (non-hydrogen) atoms. The van der Waals surface area contributed by atoms with Gasteiger partial charge in [0.25, 0.3) is 0 Å². The summed E-state index contributed by atoms with van der Waals surface area (Å²) in [5.74, 6) is 1.43.